The number of hydrogen-bond acceptors (Lipinski definition) is 3. The van der Waals surface area contributed by atoms with Crippen LogP contribution in [-0.2, 0) is 16.8 Å². The molecule has 0 fully saturated rings. The van der Waals surface area contributed by atoms with Crippen molar-refractivity contribution >= 4 is 5.91 Å². The topological polar surface area (TPSA) is 88.0 Å². The van der Waals surface area contributed by atoms with Crippen molar-refractivity contribution in [3.05, 3.63) is 57.0 Å². The predicted molar refractivity (Wildman–Crippen MR) is 104 cm³/mol. The van der Waals surface area contributed by atoms with Crippen LogP contribution in [0.2, 0.25) is 0 Å². The summed E-state index contributed by atoms with van der Waals surface area (Å²) in [5.74, 6) is 0.400. The van der Waals surface area contributed by atoms with E-state index in [4.69, 9.17) is 5.73 Å². The van der Waals surface area contributed by atoms with Gasteiger partial charge in [0, 0.05) is 23.2 Å². The lowest BCUT2D eigenvalue weighted by atomic mass is 9.63. The summed E-state index contributed by atoms with van der Waals surface area (Å²) in [4.78, 5) is 27.8. The van der Waals surface area contributed by atoms with E-state index in [0.29, 0.717) is 18.8 Å². The largest absolute Gasteiger partial charge is 0.341 e. The van der Waals surface area contributed by atoms with E-state index in [-0.39, 0.29) is 17.4 Å². The summed E-state index contributed by atoms with van der Waals surface area (Å²) in [7, 11) is 0. The van der Waals surface area contributed by atoms with Crippen LogP contribution >= 0.6 is 0 Å². The number of aromatic amines is 1. The van der Waals surface area contributed by atoms with Gasteiger partial charge in [0.2, 0.25) is 11.5 Å². The first-order chi connectivity index (χ1) is 12.3. The molecule has 5 nitrogen and oxygen atoms in total. The molecule has 5 heteroatoms. The van der Waals surface area contributed by atoms with E-state index in [2.05, 4.69) is 43.2 Å². The number of carbonyl (C=O) groups excluding carboxylic acids is 1. The standard InChI is InChI=1S/C21H29N3O2/c1-5-15-14-9-13(4)11-21(15,24-20(26)17(22)8-12(2)3)16-6-7-19(25)23-18(16)10-14/h5-7,9,12,14,17H,8,10-11,22H2,1-4H3,(H,23,25)(H,24,26)/b15-5+. The predicted octanol–water partition coefficient (Wildman–Crippen LogP) is 2.53. The number of hydrogen-bond donors (Lipinski definition) is 3. The zero-order valence-electron chi connectivity index (χ0n) is 16.1. The molecule has 0 saturated heterocycles. The molecule has 0 aromatic carbocycles. The lowest BCUT2D eigenvalue weighted by molar-refractivity contribution is -0.124. The van der Waals surface area contributed by atoms with E-state index in [1.54, 1.807) is 6.07 Å². The van der Waals surface area contributed by atoms with E-state index in [0.717, 1.165) is 17.7 Å². The first kappa shape index (κ1) is 18.6. The highest BCUT2D eigenvalue weighted by atomic mass is 16.2. The molecular formula is C21H29N3O2. The quantitative estimate of drug-likeness (QED) is 0.725. The number of nitrogens with two attached hydrogens (primary N) is 1. The Bertz CT molecular complexity index is 834. The minimum atomic E-state index is -0.623. The molecule has 1 heterocycles. The summed E-state index contributed by atoms with van der Waals surface area (Å²) < 4.78 is 0. The third-order valence-corrected chi connectivity index (χ3v) is 5.52. The second-order valence-corrected chi connectivity index (χ2v) is 8.09. The second-order valence-electron chi connectivity index (χ2n) is 8.09. The maximum atomic E-state index is 12.9. The fourth-order valence-corrected chi connectivity index (χ4v) is 4.61. The summed E-state index contributed by atoms with van der Waals surface area (Å²) in [6, 6.07) is 2.86. The van der Waals surface area contributed by atoms with E-state index in [1.807, 2.05) is 13.0 Å². The molecule has 2 aliphatic rings. The number of pyridine rings is 1. The highest BCUT2D eigenvalue weighted by Crippen LogP contribution is 2.49. The van der Waals surface area contributed by atoms with Gasteiger partial charge in [-0.1, -0.05) is 31.6 Å². The van der Waals surface area contributed by atoms with Crippen LogP contribution in [0.15, 0.2) is 40.2 Å². The van der Waals surface area contributed by atoms with Crippen molar-refractivity contribution in [2.24, 2.45) is 17.6 Å². The van der Waals surface area contributed by atoms with Gasteiger partial charge in [0.15, 0.2) is 0 Å². The van der Waals surface area contributed by atoms with Crippen molar-refractivity contribution in [2.45, 2.75) is 58.5 Å². The third kappa shape index (κ3) is 3.16. The van der Waals surface area contributed by atoms with Crippen molar-refractivity contribution in [1.29, 1.82) is 0 Å². The average Bonchev–Trinajstić information content (AvgIpc) is 2.53. The van der Waals surface area contributed by atoms with Crippen molar-refractivity contribution in [2.75, 3.05) is 0 Å². The number of allylic oxidation sites excluding steroid dienone is 2. The van der Waals surface area contributed by atoms with Crippen LogP contribution in [0.1, 0.15) is 51.8 Å². The minimum Gasteiger partial charge on any atom is -0.341 e. The molecule has 0 spiro atoms. The molecule has 140 valence electrons. The van der Waals surface area contributed by atoms with Gasteiger partial charge in [-0.25, -0.2) is 0 Å². The Labute approximate surface area is 154 Å². The van der Waals surface area contributed by atoms with E-state index in [9.17, 15) is 9.59 Å². The van der Waals surface area contributed by atoms with Crippen LogP contribution in [-0.4, -0.2) is 16.9 Å². The number of H-pyrrole nitrogens is 1. The Morgan fingerprint density at radius 1 is 1.46 bits per heavy atom. The molecule has 1 aromatic heterocycles. The maximum Gasteiger partial charge on any atom is 0.248 e. The fourth-order valence-electron chi connectivity index (χ4n) is 4.61. The Hall–Kier alpha value is -2.14. The lowest BCUT2D eigenvalue weighted by Gasteiger charge is -2.48. The molecule has 3 atom stereocenters. The van der Waals surface area contributed by atoms with Crippen LogP contribution in [0.25, 0.3) is 0 Å². The summed E-state index contributed by atoms with van der Waals surface area (Å²) in [5.41, 5.74) is 9.76. The summed E-state index contributed by atoms with van der Waals surface area (Å²) in [5, 5.41) is 3.28. The summed E-state index contributed by atoms with van der Waals surface area (Å²) in [6.45, 7) is 8.24. The average molecular weight is 355 g/mol. The number of fused-ring (bicyclic) bond motifs is 4. The molecule has 2 aliphatic carbocycles. The number of rotatable bonds is 4. The first-order valence-corrected chi connectivity index (χ1v) is 9.41. The van der Waals surface area contributed by atoms with Crippen molar-refractivity contribution < 1.29 is 4.79 Å². The Morgan fingerprint density at radius 2 is 2.19 bits per heavy atom. The number of amides is 1. The van der Waals surface area contributed by atoms with Gasteiger partial charge in [-0.3, -0.25) is 9.59 Å². The van der Waals surface area contributed by atoms with Crippen LogP contribution < -0.4 is 16.6 Å². The normalized spacial score (nSPS) is 27.1. The van der Waals surface area contributed by atoms with Gasteiger partial charge in [0.25, 0.3) is 0 Å². The van der Waals surface area contributed by atoms with Crippen LogP contribution in [0.4, 0.5) is 0 Å². The Balaban J connectivity index is 2.09. The molecule has 4 N–H and O–H groups in total. The molecule has 1 aromatic rings. The van der Waals surface area contributed by atoms with Crippen molar-refractivity contribution in [3.8, 4) is 0 Å². The van der Waals surface area contributed by atoms with Crippen LogP contribution in [0.5, 0.6) is 0 Å². The molecule has 26 heavy (non-hydrogen) atoms. The van der Waals surface area contributed by atoms with Crippen molar-refractivity contribution in [1.82, 2.24) is 10.3 Å². The highest BCUT2D eigenvalue weighted by Gasteiger charge is 2.48. The van der Waals surface area contributed by atoms with Gasteiger partial charge in [0.1, 0.15) is 0 Å². The fraction of sp³-hybridized carbons (Fsp3) is 0.524. The van der Waals surface area contributed by atoms with Gasteiger partial charge in [-0.2, -0.15) is 0 Å². The maximum absolute atomic E-state index is 12.9. The Kier molecular flexibility index (Phi) is 4.93. The van der Waals surface area contributed by atoms with Crippen molar-refractivity contribution in [3.63, 3.8) is 0 Å². The smallest absolute Gasteiger partial charge is 0.248 e. The number of nitrogens with one attached hydrogen (secondary N) is 2. The van der Waals surface area contributed by atoms with Crippen LogP contribution in [0.3, 0.4) is 0 Å². The molecule has 3 unspecified atom stereocenters. The third-order valence-electron chi connectivity index (χ3n) is 5.52. The first-order valence-electron chi connectivity index (χ1n) is 9.41. The molecule has 0 saturated carbocycles. The monoisotopic (exact) mass is 355 g/mol. The summed E-state index contributed by atoms with van der Waals surface area (Å²) in [6.07, 6.45) is 6.45. The van der Waals surface area contributed by atoms with Gasteiger partial charge >= 0.3 is 0 Å². The molecule has 0 aliphatic heterocycles. The molecule has 3 rings (SSSR count). The highest BCUT2D eigenvalue weighted by molar-refractivity contribution is 5.83. The van der Waals surface area contributed by atoms with Gasteiger partial charge in [-0.15, -0.1) is 0 Å². The molecule has 2 bridgehead atoms. The minimum absolute atomic E-state index is 0.107. The lowest BCUT2D eigenvalue weighted by Crippen LogP contribution is -2.57. The SMILES string of the molecule is C/C=C1\C2C=C(C)CC1(NC(=O)C(N)CC(C)C)c1ccc(=O)[nH]c1C2. The number of carbonyl (C=O) groups is 1. The molecule has 0 radical (unpaired) electrons. The molecule has 1 amide bonds. The van der Waals surface area contributed by atoms with E-state index in [1.165, 1.54) is 11.1 Å². The van der Waals surface area contributed by atoms with E-state index < -0.39 is 11.6 Å². The Morgan fingerprint density at radius 3 is 2.85 bits per heavy atom. The van der Waals surface area contributed by atoms with Gasteiger partial charge < -0.3 is 16.0 Å². The zero-order valence-corrected chi connectivity index (χ0v) is 16.1. The van der Waals surface area contributed by atoms with Crippen LogP contribution in [0, 0.1) is 11.8 Å². The number of aromatic nitrogens is 1. The van der Waals surface area contributed by atoms with E-state index >= 15 is 0 Å². The zero-order chi connectivity index (χ0) is 19.1. The molecular weight excluding hydrogens is 326 g/mol. The van der Waals surface area contributed by atoms with Gasteiger partial charge in [-0.05, 0) is 50.7 Å². The summed E-state index contributed by atoms with van der Waals surface area (Å²) >= 11 is 0. The van der Waals surface area contributed by atoms with Gasteiger partial charge in [0.05, 0.1) is 11.6 Å². The second kappa shape index (κ2) is 6.88.